The first-order valence-corrected chi connectivity index (χ1v) is 3.51. The summed E-state index contributed by atoms with van der Waals surface area (Å²) in [6.45, 7) is 8.18. The van der Waals surface area contributed by atoms with Gasteiger partial charge in [-0.15, -0.1) is 5.48 Å². The first kappa shape index (κ1) is 7.54. The third kappa shape index (κ3) is 1.48. The summed E-state index contributed by atoms with van der Waals surface area (Å²) >= 11 is 0. The van der Waals surface area contributed by atoms with Crippen molar-refractivity contribution in [3.63, 3.8) is 0 Å². The van der Waals surface area contributed by atoms with Gasteiger partial charge in [0.25, 0.3) is 0 Å². The Kier molecular flexibility index (Phi) is 1.68. The van der Waals surface area contributed by atoms with Crippen molar-refractivity contribution in [3.8, 4) is 0 Å². The molecule has 1 rings (SSSR count). The number of nitrogens with zero attached hydrogens (tertiary/aromatic N) is 1. The summed E-state index contributed by atoms with van der Waals surface area (Å²) in [7, 11) is 0. The Balaban J connectivity index is 2.67. The second-order valence-corrected chi connectivity index (χ2v) is 3.58. The average molecular weight is 142 g/mol. The first-order chi connectivity index (χ1) is 4.50. The summed E-state index contributed by atoms with van der Waals surface area (Å²) in [4.78, 5) is 9.37. The smallest absolute Gasteiger partial charge is 0.216 e. The van der Waals surface area contributed by atoms with Crippen LogP contribution in [0.15, 0.2) is 4.99 Å². The Morgan fingerprint density at radius 1 is 1.50 bits per heavy atom. The Morgan fingerprint density at radius 3 is 2.30 bits per heavy atom. The first-order valence-electron chi connectivity index (χ1n) is 3.51. The predicted molar refractivity (Wildman–Crippen MR) is 40.6 cm³/mol. The van der Waals surface area contributed by atoms with Crippen LogP contribution in [0.2, 0.25) is 0 Å². The molecule has 1 aliphatic heterocycles. The zero-order chi connectivity index (χ0) is 7.78. The van der Waals surface area contributed by atoms with Gasteiger partial charge >= 0.3 is 0 Å². The summed E-state index contributed by atoms with van der Waals surface area (Å²) in [6.07, 6.45) is 0.106. The molecule has 58 valence electrons. The fraction of sp³-hybridized carbons (Fsp3) is 0.857. The van der Waals surface area contributed by atoms with E-state index in [0.29, 0.717) is 0 Å². The maximum absolute atomic E-state index is 5.13. The molecule has 0 aromatic carbocycles. The van der Waals surface area contributed by atoms with Gasteiger partial charge in [-0.05, 0) is 6.92 Å². The van der Waals surface area contributed by atoms with Crippen molar-refractivity contribution in [1.82, 2.24) is 5.48 Å². The van der Waals surface area contributed by atoms with Gasteiger partial charge in [0.05, 0.1) is 0 Å². The lowest BCUT2D eigenvalue weighted by Crippen LogP contribution is -2.24. The summed E-state index contributed by atoms with van der Waals surface area (Å²) < 4.78 is 0. The van der Waals surface area contributed by atoms with E-state index < -0.39 is 0 Å². The Bertz CT molecular complexity index is 157. The third-order valence-electron chi connectivity index (χ3n) is 1.28. The predicted octanol–water partition coefficient (Wildman–Crippen LogP) is 1.31. The van der Waals surface area contributed by atoms with Crippen LogP contribution in [0.3, 0.4) is 0 Å². The van der Waals surface area contributed by atoms with E-state index in [2.05, 4.69) is 31.2 Å². The van der Waals surface area contributed by atoms with Crippen molar-refractivity contribution in [2.45, 2.75) is 33.9 Å². The average Bonchev–Trinajstić information content (AvgIpc) is 2.11. The number of nitrogens with one attached hydrogen (secondary N) is 1. The Labute approximate surface area is 61.4 Å². The molecule has 0 aliphatic carbocycles. The number of hydrogen-bond donors (Lipinski definition) is 1. The fourth-order valence-electron chi connectivity index (χ4n) is 0.716. The minimum absolute atomic E-state index is 0.0256. The van der Waals surface area contributed by atoms with Crippen LogP contribution >= 0.6 is 0 Å². The lowest BCUT2D eigenvalue weighted by molar-refractivity contribution is 0.166. The number of rotatable bonds is 0. The molecule has 1 unspecified atom stereocenters. The quantitative estimate of drug-likeness (QED) is 0.553. The van der Waals surface area contributed by atoms with Gasteiger partial charge in [0.15, 0.2) is 0 Å². The van der Waals surface area contributed by atoms with Crippen molar-refractivity contribution in [2.75, 3.05) is 0 Å². The lowest BCUT2D eigenvalue weighted by atomic mass is 9.97. The van der Waals surface area contributed by atoms with Crippen LogP contribution < -0.4 is 5.48 Å². The van der Waals surface area contributed by atoms with E-state index in [9.17, 15) is 0 Å². The van der Waals surface area contributed by atoms with Crippen molar-refractivity contribution >= 4 is 5.90 Å². The molecule has 1 heterocycles. The summed E-state index contributed by atoms with van der Waals surface area (Å²) in [6, 6.07) is 0. The van der Waals surface area contributed by atoms with E-state index in [1.54, 1.807) is 0 Å². The van der Waals surface area contributed by atoms with Crippen LogP contribution in [-0.4, -0.2) is 12.1 Å². The zero-order valence-electron chi connectivity index (χ0n) is 6.93. The molecule has 1 atom stereocenters. The van der Waals surface area contributed by atoms with Crippen molar-refractivity contribution in [2.24, 2.45) is 10.4 Å². The lowest BCUT2D eigenvalue weighted by Gasteiger charge is -2.15. The molecule has 10 heavy (non-hydrogen) atoms. The summed E-state index contributed by atoms with van der Waals surface area (Å²) in [5.74, 6) is 0.792. The molecular formula is C7H14N2O. The largest absolute Gasteiger partial charge is 0.391 e. The second kappa shape index (κ2) is 2.23. The molecule has 3 nitrogen and oxygen atoms in total. The topological polar surface area (TPSA) is 33.6 Å². The van der Waals surface area contributed by atoms with E-state index in [4.69, 9.17) is 4.84 Å². The molecule has 1 N–H and O–H groups in total. The van der Waals surface area contributed by atoms with Gasteiger partial charge in [-0.2, -0.15) is 0 Å². The summed E-state index contributed by atoms with van der Waals surface area (Å²) in [5.41, 5.74) is 2.80. The second-order valence-electron chi connectivity index (χ2n) is 3.58. The molecule has 0 saturated heterocycles. The molecule has 0 fully saturated rings. The van der Waals surface area contributed by atoms with Crippen molar-refractivity contribution in [1.29, 1.82) is 0 Å². The minimum Gasteiger partial charge on any atom is -0.391 e. The van der Waals surface area contributed by atoms with E-state index in [1.165, 1.54) is 0 Å². The van der Waals surface area contributed by atoms with Gasteiger partial charge in [-0.25, -0.2) is 4.99 Å². The molecule has 0 saturated carbocycles. The molecule has 0 spiro atoms. The van der Waals surface area contributed by atoms with E-state index in [1.807, 2.05) is 6.92 Å². The SMILES string of the molecule is CC1N=C(C(C)(C)C)ON1. The van der Waals surface area contributed by atoms with Gasteiger partial charge in [-0.3, -0.25) is 0 Å². The van der Waals surface area contributed by atoms with E-state index in [-0.39, 0.29) is 11.6 Å². The maximum Gasteiger partial charge on any atom is 0.216 e. The molecular weight excluding hydrogens is 128 g/mol. The monoisotopic (exact) mass is 142 g/mol. The maximum atomic E-state index is 5.13. The van der Waals surface area contributed by atoms with E-state index >= 15 is 0 Å². The van der Waals surface area contributed by atoms with Crippen molar-refractivity contribution in [3.05, 3.63) is 0 Å². The highest BCUT2D eigenvalue weighted by Crippen LogP contribution is 2.19. The highest BCUT2D eigenvalue weighted by atomic mass is 16.7. The van der Waals surface area contributed by atoms with Crippen LogP contribution in [0.4, 0.5) is 0 Å². The van der Waals surface area contributed by atoms with E-state index in [0.717, 1.165) is 5.90 Å². The number of aliphatic imine (C=N–C) groups is 1. The number of hydroxylamine groups is 1. The summed E-state index contributed by atoms with van der Waals surface area (Å²) in [5, 5.41) is 0. The Morgan fingerprint density at radius 2 is 2.10 bits per heavy atom. The van der Waals surface area contributed by atoms with Crippen LogP contribution in [0.25, 0.3) is 0 Å². The highest BCUT2D eigenvalue weighted by molar-refractivity contribution is 5.82. The van der Waals surface area contributed by atoms with Gasteiger partial charge in [0.1, 0.15) is 6.17 Å². The Hall–Kier alpha value is -0.570. The van der Waals surface area contributed by atoms with Crippen LogP contribution in [-0.2, 0) is 4.84 Å². The molecule has 0 amide bonds. The van der Waals surface area contributed by atoms with Gasteiger partial charge in [0.2, 0.25) is 5.90 Å². The highest BCUT2D eigenvalue weighted by Gasteiger charge is 2.26. The number of hydrogen-bond acceptors (Lipinski definition) is 3. The fourth-order valence-corrected chi connectivity index (χ4v) is 0.716. The van der Waals surface area contributed by atoms with Gasteiger partial charge in [0, 0.05) is 5.41 Å². The molecule has 0 radical (unpaired) electrons. The van der Waals surface area contributed by atoms with Crippen LogP contribution in [0, 0.1) is 5.41 Å². The van der Waals surface area contributed by atoms with Crippen molar-refractivity contribution < 1.29 is 4.84 Å². The van der Waals surface area contributed by atoms with Gasteiger partial charge < -0.3 is 4.84 Å². The molecule has 3 heteroatoms. The molecule has 1 aliphatic rings. The minimum atomic E-state index is 0.0256. The third-order valence-corrected chi connectivity index (χ3v) is 1.28. The molecule has 0 aromatic heterocycles. The van der Waals surface area contributed by atoms with Crippen LogP contribution in [0.5, 0.6) is 0 Å². The van der Waals surface area contributed by atoms with Crippen LogP contribution in [0.1, 0.15) is 27.7 Å². The normalized spacial score (nSPS) is 26.0. The molecule has 0 bridgehead atoms. The molecule has 0 aromatic rings. The zero-order valence-corrected chi connectivity index (χ0v) is 6.93. The standard InChI is InChI=1S/C7H14N2O/c1-5-8-6(10-9-5)7(2,3)4/h5,9H,1-4H3. The van der Waals surface area contributed by atoms with Gasteiger partial charge in [-0.1, -0.05) is 20.8 Å².